The average Bonchev–Trinajstić information content (AvgIpc) is 2.79. The van der Waals surface area contributed by atoms with E-state index < -0.39 is 12.3 Å². The quantitative estimate of drug-likeness (QED) is 0.303. The van der Waals surface area contributed by atoms with Gasteiger partial charge in [-0.25, -0.2) is 9.59 Å². The van der Waals surface area contributed by atoms with Gasteiger partial charge >= 0.3 is 12.3 Å². The van der Waals surface area contributed by atoms with Crippen molar-refractivity contribution in [3.05, 3.63) is 0 Å². The van der Waals surface area contributed by atoms with Crippen LogP contribution in [0.4, 0.5) is 9.59 Å². The Hall–Kier alpha value is -1.58. The van der Waals surface area contributed by atoms with Gasteiger partial charge in [-0.05, 0) is 25.7 Å². The van der Waals surface area contributed by atoms with Crippen LogP contribution in [-0.4, -0.2) is 75.4 Å². The predicted octanol–water partition coefficient (Wildman–Crippen LogP) is 3.40. The van der Waals surface area contributed by atoms with Crippen molar-refractivity contribution in [1.82, 2.24) is 0 Å². The summed E-state index contributed by atoms with van der Waals surface area (Å²) in [6.45, 7) is 9.20. The summed E-state index contributed by atoms with van der Waals surface area (Å²) in [5, 5.41) is 18.2. The highest BCUT2D eigenvalue weighted by Crippen LogP contribution is 2.10. The Bertz CT molecular complexity index is 410. The molecule has 9 heteroatoms. The first-order chi connectivity index (χ1) is 14.9. The second-order valence-corrected chi connectivity index (χ2v) is 7.74. The third kappa shape index (κ3) is 15.0. The van der Waals surface area contributed by atoms with Gasteiger partial charge in [0.2, 0.25) is 0 Å². The first kappa shape index (κ1) is 29.4. The van der Waals surface area contributed by atoms with Gasteiger partial charge in [-0.15, -0.1) is 0 Å². The molecule has 0 fully saturated rings. The van der Waals surface area contributed by atoms with Gasteiger partial charge in [0.25, 0.3) is 0 Å². The fraction of sp³-hybridized carbons (Fsp3) is 0.909. The molecule has 4 unspecified atom stereocenters. The minimum Gasteiger partial charge on any atom is -0.434 e. The van der Waals surface area contributed by atoms with Crippen LogP contribution in [0.2, 0.25) is 0 Å². The second kappa shape index (κ2) is 19.1. The van der Waals surface area contributed by atoms with Crippen molar-refractivity contribution in [2.75, 3.05) is 52.9 Å². The molecule has 0 heterocycles. The number of aliphatic hydroxyl groups is 2. The molecular formula is C22H42O9. The van der Waals surface area contributed by atoms with Crippen LogP contribution in [0.25, 0.3) is 0 Å². The van der Waals surface area contributed by atoms with Gasteiger partial charge in [0, 0.05) is 36.9 Å². The Kier molecular flexibility index (Phi) is 18.2. The van der Waals surface area contributed by atoms with Gasteiger partial charge in [0.05, 0.1) is 39.6 Å². The molecule has 0 aliphatic rings. The molecule has 31 heavy (non-hydrogen) atoms. The minimum absolute atomic E-state index is 0.0280. The second-order valence-electron chi connectivity index (χ2n) is 7.74. The standard InChI is InChI=1S/C22H42O9/c1-5-17(9-23)13-28-21(25)30-15-19(7-3)11-27-12-20(8-4)16-31-22(26)29-14-18(6-2)10-24/h17-20,23-24H,5-16H2,1-4H3. The zero-order valence-electron chi connectivity index (χ0n) is 19.5. The number of hydrogen-bond acceptors (Lipinski definition) is 9. The van der Waals surface area contributed by atoms with Crippen LogP contribution in [0.1, 0.15) is 53.4 Å². The average molecular weight is 451 g/mol. The van der Waals surface area contributed by atoms with E-state index in [2.05, 4.69) is 0 Å². The number of carbonyl (C=O) groups is 2. The maximum Gasteiger partial charge on any atom is 0.508 e. The number of ether oxygens (including phenoxy) is 5. The van der Waals surface area contributed by atoms with Gasteiger partial charge < -0.3 is 33.9 Å². The Morgan fingerprint density at radius 3 is 1.10 bits per heavy atom. The van der Waals surface area contributed by atoms with E-state index in [-0.39, 0.29) is 63.3 Å². The zero-order valence-corrected chi connectivity index (χ0v) is 19.5. The number of carbonyl (C=O) groups excluding carboxylic acids is 2. The fourth-order valence-corrected chi connectivity index (χ4v) is 2.40. The van der Waals surface area contributed by atoms with Crippen molar-refractivity contribution in [2.45, 2.75) is 53.4 Å². The van der Waals surface area contributed by atoms with Crippen LogP contribution in [0.5, 0.6) is 0 Å². The van der Waals surface area contributed by atoms with Crippen LogP contribution in [0.15, 0.2) is 0 Å². The maximum absolute atomic E-state index is 11.7. The van der Waals surface area contributed by atoms with E-state index in [1.807, 2.05) is 27.7 Å². The van der Waals surface area contributed by atoms with Crippen molar-refractivity contribution < 1.29 is 43.5 Å². The monoisotopic (exact) mass is 450 g/mol. The Balaban J connectivity index is 4.07. The lowest BCUT2D eigenvalue weighted by Crippen LogP contribution is -2.24. The van der Waals surface area contributed by atoms with E-state index >= 15 is 0 Å². The van der Waals surface area contributed by atoms with Gasteiger partial charge in [-0.2, -0.15) is 0 Å². The van der Waals surface area contributed by atoms with E-state index in [1.165, 1.54) is 0 Å². The molecule has 9 nitrogen and oxygen atoms in total. The largest absolute Gasteiger partial charge is 0.508 e. The molecule has 0 aliphatic heterocycles. The highest BCUT2D eigenvalue weighted by Gasteiger charge is 2.16. The van der Waals surface area contributed by atoms with Gasteiger partial charge in [0.15, 0.2) is 0 Å². The molecule has 0 amide bonds. The highest BCUT2D eigenvalue weighted by molar-refractivity contribution is 5.60. The molecule has 2 N–H and O–H groups in total. The molecule has 0 aromatic rings. The first-order valence-electron chi connectivity index (χ1n) is 11.3. The lowest BCUT2D eigenvalue weighted by Gasteiger charge is -2.19. The van der Waals surface area contributed by atoms with Crippen molar-refractivity contribution in [3.63, 3.8) is 0 Å². The summed E-state index contributed by atoms with van der Waals surface area (Å²) in [7, 11) is 0. The summed E-state index contributed by atoms with van der Waals surface area (Å²) >= 11 is 0. The summed E-state index contributed by atoms with van der Waals surface area (Å²) in [5.41, 5.74) is 0. The van der Waals surface area contributed by atoms with E-state index in [4.69, 9.17) is 33.9 Å². The van der Waals surface area contributed by atoms with Gasteiger partial charge in [-0.3, -0.25) is 0 Å². The smallest absolute Gasteiger partial charge is 0.434 e. The molecule has 0 rings (SSSR count). The van der Waals surface area contributed by atoms with Gasteiger partial charge in [0.1, 0.15) is 0 Å². The van der Waals surface area contributed by atoms with E-state index in [9.17, 15) is 9.59 Å². The van der Waals surface area contributed by atoms with Gasteiger partial charge in [-0.1, -0.05) is 27.7 Å². The summed E-state index contributed by atoms with van der Waals surface area (Å²) in [6.07, 6.45) is 1.49. The summed E-state index contributed by atoms with van der Waals surface area (Å²) in [4.78, 5) is 23.3. The summed E-state index contributed by atoms with van der Waals surface area (Å²) in [5.74, 6) is -0.0995. The Morgan fingerprint density at radius 2 is 0.839 bits per heavy atom. The lowest BCUT2D eigenvalue weighted by molar-refractivity contribution is -0.00565. The Morgan fingerprint density at radius 1 is 0.548 bits per heavy atom. The molecule has 0 radical (unpaired) electrons. The van der Waals surface area contributed by atoms with Crippen molar-refractivity contribution in [2.24, 2.45) is 23.7 Å². The summed E-state index contributed by atoms with van der Waals surface area (Å²) < 4.78 is 26.0. The zero-order chi connectivity index (χ0) is 23.5. The van der Waals surface area contributed by atoms with Crippen molar-refractivity contribution in [1.29, 1.82) is 0 Å². The first-order valence-corrected chi connectivity index (χ1v) is 11.3. The minimum atomic E-state index is -0.741. The molecule has 0 bridgehead atoms. The van der Waals surface area contributed by atoms with E-state index in [0.717, 1.165) is 25.7 Å². The highest BCUT2D eigenvalue weighted by atomic mass is 16.7. The number of hydrogen-bond donors (Lipinski definition) is 2. The number of aliphatic hydroxyl groups excluding tert-OH is 2. The fourth-order valence-electron chi connectivity index (χ4n) is 2.40. The molecular weight excluding hydrogens is 408 g/mol. The number of rotatable bonds is 18. The molecule has 0 aromatic carbocycles. The van der Waals surface area contributed by atoms with Crippen LogP contribution < -0.4 is 0 Å². The third-order valence-corrected chi connectivity index (χ3v) is 5.28. The maximum atomic E-state index is 11.7. The van der Waals surface area contributed by atoms with Crippen LogP contribution in [0, 0.1) is 23.7 Å². The van der Waals surface area contributed by atoms with E-state index in [0.29, 0.717) is 13.2 Å². The molecule has 0 spiro atoms. The summed E-state index contributed by atoms with van der Waals surface area (Å²) in [6, 6.07) is 0. The molecule has 184 valence electrons. The van der Waals surface area contributed by atoms with Crippen LogP contribution in [-0.2, 0) is 23.7 Å². The van der Waals surface area contributed by atoms with Crippen molar-refractivity contribution >= 4 is 12.3 Å². The molecule has 0 saturated carbocycles. The van der Waals surface area contributed by atoms with Crippen LogP contribution >= 0.6 is 0 Å². The lowest BCUT2D eigenvalue weighted by atomic mass is 10.1. The molecule has 4 atom stereocenters. The SMILES string of the molecule is CCC(CO)COC(=O)OCC(CC)COCC(CC)COC(=O)OCC(CC)CO. The molecule has 0 saturated heterocycles. The Labute approximate surface area is 186 Å². The third-order valence-electron chi connectivity index (χ3n) is 5.28. The predicted molar refractivity (Wildman–Crippen MR) is 115 cm³/mol. The molecule has 0 aliphatic carbocycles. The van der Waals surface area contributed by atoms with Crippen molar-refractivity contribution in [3.8, 4) is 0 Å². The van der Waals surface area contributed by atoms with E-state index in [1.54, 1.807) is 0 Å². The normalized spacial score (nSPS) is 14.9. The molecule has 0 aromatic heterocycles. The topological polar surface area (TPSA) is 121 Å². The van der Waals surface area contributed by atoms with Crippen LogP contribution in [0.3, 0.4) is 0 Å².